The van der Waals surface area contributed by atoms with Crippen LogP contribution in [0.25, 0.3) is 0 Å². The van der Waals surface area contributed by atoms with Crippen molar-refractivity contribution in [3.8, 4) is 11.5 Å². The van der Waals surface area contributed by atoms with Crippen LogP contribution in [-0.2, 0) is 19.3 Å². The normalized spacial score (nSPS) is 12.2. The summed E-state index contributed by atoms with van der Waals surface area (Å²) >= 11 is 7.73. The summed E-state index contributed by atoms with van der Waals surface area (Å²) in [5.41, 5.74) is 1.54. The minimum absolute atomic E-state index is 0.175. The van der Waals surface area contributed by atoms with Crippen molar-refractivity contribution in [2.45, 2.75) is 17.5 Å². The molecule has 0 saturated carbocycles. The monoisotopic (exact) mass is 416 g/mol. The van der Waals surface area contributed by atoms with E-state index in [0.717, 1.165) is 15.7 Å². The SMILES string of the molecule is Cn1c(CNC(=O)c2ccc3c(c2)OCO3)nnc1SCc1ccccc1Cl. The third-order valence-corrected chi connectivity index (χ3v) is 5.72. The molecule has 1 N–H and O–H groups in total. The molecular formula is C19H17ClN4O3S. The highest BCUT2D eigenvalue weighted by atomic mass is 35.5. The Balaban J connectivity index is 1.36. The minimum Gasteiger partial charge on any atom is -0.454 e. The molecular weight excluding hydrogens is 400 g/mol. The van der Waals surface area contributed by atoms with Gasteiger partial charge in [-0.05, 0) is 29.8 Å². The van der Waals surface area contributed by atoms with Gasteiger partial charge in [0.2, 0.25) is 6.79 Å². The van der Waals surface area contributed by atoms with Crippen LogP contribution >= 0.6 is 23.4 Å². The number of nitrogens with zero attached hydrogens (tertiary/aromatic N) is 3. The van der Waals surface area contributed by atoms with Gasteiger partial charge in [-0.1, -0.05) is 41.6 Å². The van der Waals surface area contributed by atoms with Gasteiger partial charge in [0, 0.05) is 23.4 Å². The summed E-state index contributed by atoms with van der Waals surface area (Å²) in [5, 5.41) is 12.7. The Morgan fingerprint density at radius 1 is 1.21 bits per heavy atom. The van der Waals surface area contributed by atoms with Crippen LogP contribution in [0.15, 0.2) is 47.6 Å². The zero-order chi connectivity index (χ0) is 19.5. The van der Waals surface area contributed by atoms with Crippen molar-refractivity contribution in [1.29, 1.82) is 0 Å². The molecule has 0 aliphatic carbocycles. The van der Waals surface area contributed by atoms with E-state index in [-0.39, 0.29) is 19.2 Å². The van der Waals surface area contributed by atoms with Gasteiger partial charge in [-0.25, -0.2) is 0 Å². The molecule has 0 bridgehead atoms. The number of benzene rings is 2. The summed E-state index contributed by atoms with van der Waals surface area (Å²) in [6.45, 7) is 0.442. The molecule has 1 aliphatic heterocycles. The number of amides is 1. The number of aromatic nitrogens is 3. The minimum atomic E-state index is -0.216. The Hall–Kier alpha value is -2.71. The summed E-state index contributed by atoms with van der Waals surface area (Å²) in [4.78, 5) is 12.4. The Bertz CT molecular complexity index is 1020. The number of ether oxygens (including phenoxy) is 2. The first-order valence-electron chi connectivity index (χ1n) is 8.54. The smallest absolute Gasteiger partial charge is 0.251 e. The third kappa shape index (κ3) is 3.93. The molecule has 0 radical (unpaired) electrons. The van der Waals surface area contributed by atoms with Crippen LogP contribution < -0.4 is 14.8 Å². The zero-order valence-electron chi connectivity index (χ0n) is 15.0. The second-order valence-electron chi connectivity index (χ2n) is 6.09. The average Bonchev–Trinajstić information content (AvgIpc) is 3.31. The van der Waals surface area contributed by atoms with Gasteiger partial charge >= 0.3 is 0 Å². The third-order valence-electron chi connectivity index (χ3n) is 4.28. The molecule has 28 heavy (non-hydrogen) atoms. The lowest BCUT2D eigenvalue weighted by Crippen LogP contribution is -2.24. The molecule has 4 rings (SSSR count). The number of hydrogen-bond acceptors (Lipinski definition) is 6. The maximum absolute atomic E-state index is 12.4. The molecule has 0 fully saturated rings. The first kappa shape index (κ1) is 18.6. The zero-order valence-corrected chi connectivity index (χ0v) is 16.6. The van der Waals surface area contributed by atoms with E-state index < -0.39 is 0 Å². The van der Waals surface area contributed by atoms with Crippen LogP contribution in [-0.4, -0.2) is 27.5 Å². The van der Waals surface area contributed by atoms with E-state index in [1.54, 1.807) is 30.0 Å². The van der Waals surface area contributed by atoms with Gasteiger partial charge in [0.05, 0.1) is 6.54 Å². The van der Waals surface area contributed by atoms with E-state index in [2.05, 4.69) is 15.5 Å². The number of hydrogen-bond donors (Lipinski definition) is 1. The molecule has 1 aromatic heterocycles. The second kappa shape index (κ2) is 8.12. The van der Waals surface area contributed by atoms with Crippen LogP contribution in [0, 0.1) is 0 Å². The van der Waals surface area contributed by atoms with Crippen molar-refractivity contribution in [2.24, 2.45) is 7.05 Å². The Labute approximate surface area is 171 Å². The maximum atomic E-state index is 12.4. The van der Waals surface area contributed by atoms with Crippen molar-refractivity contribution in [3.05, 3.63) is 64.4 Å². The van der Waals surface area contributed by atoms with E-state index in [4.69, 9.17) is 21.1 Å². The lowest BCUT2D eigenvalue weighted by atomic mass is 10.2. The van der Waals surface area contributed by atoms with E-state index in [9.17, 15) is 4.79 Å². The molecule has 0 saturated heterocycles. The molecule has 1 amide bonds. The molecule has 0 unspecified atom stereocenters. The van der Waals surface area contributed by atoms with Crippen molar-refractivity contribution in [1.82, 2.24) is 20.1 Å². The van der Waals surface area contributed by atoms with Gasteiger partial charge in [-0.3, -0.25) is 4.79 Å². The second-order valence-corrected chi connectivity index (χ2v) is 7.44. The number of fused-ring (bicyclic) bond motifs is 1. The summed E-state index contributed by atoms with van der Waals surface area (Å²) < 4.78 is 12.4. The van der Waals surface area contributed by atoms with Crippen molar-refractivity contribution < 1.29 is 14.3 Å². The van der Waals surface area contributed by atoms with Gasteiger partial charge in [0.25, 0.3) is 5.91 Å². The molecule has 0 spiro atoms. The van der Waals surface area contributed by atoms with Crippen molar-refractivity contribution >= 4 is 29.3 Å². The standard InChI is InChI=1S/C19H17ClN4O3S/c1-24-17(22-23-19(24)28-10-13-4-2-3-5-14(13)20)9-21-18(25)12-6-7-15-16(8-12)27-11-26-15/h2-8H,9-11H2,1H3,(H,21,25). The number of thioether (sulfide) groups is 1. The number of nitrogens with one attached hydrogen (secondary N) is 1. The molecule has 144 valence electrons. The first-order valence-corrected chi connectivity index (χ1v) is 9.90. The van der Waals surface area contributed by atoms with Crippen molar-refractivity contribution in [2.75, 3.05) is 6.79 Å². The number of rotatable bonds is 6. The average molecular weight is 417 g/mol. The molecule has 2 aromatic carbocycles. The fourth-order valence-electron chi connectivity index (χ4n) is 2.68. The first-order chi connectivity index (χ1) is 13.6. The molecule has 0 atom stereocenters. The van der Waals surface area contributed by atoms with E-state index in [1.165, 1.54) is 0 Å². The Morgan fingerprint density at radius 3 is 2.89 bits per heavy atom. The van der Waals surface area contributed by atoms with Gasteiger partial charge in [-0.2, -0.15) is 0 Å². The van der Waals surface area contributed by atoms with Gasteiger partial charge in [0.1, 0.15) is 0 Å². The highest BCUT2D eigenvalue weighted by molar-refractivity contribution is 7.98. The van der Waals surface area contributed by atoms with Crippen LogP contribution in [0.3, 0.4) is 0 Å². The van der Waals surface area contributed by atoms with E-state index >= 15 is 0 Å². The Morgan fingerprint density at radius 2 is 2.04 bits per heavy atom. The predicted molar refractivity (Wildman–Crippen MR) is 106 cm³/mol. The summed E-state index contributed by atoms with van der Waals surface area (Å²) in [7, 11) is 1.87. The van der Waals surface area contributed by atoms with Gasteiger partial charge in [-0.15, -0.1) is 10.2 Å². The molecule has 7 nitrogen and oxygen atoms in total. The molecule has 1 aliphatic rings. The molecule has 3 aromatic rings. The van der Waals surface area contributed by atoms with Crippen LogP contribution in [0.1, 0.15) is 21.7 Å². The quantitative estimate of drug-likeness (QED) is 0.620. The largest absolute Gasteiger partial charge is 0.454 e. The fraction of sp³-hybridized carbons (Fsp3) is 0.211. The fourth-order valence-corrected chi connectivity index (χ4v) is 3.90. The van der Waals surface area contributed by atoms with Gasteiger partial charge < -0.3 is 19.4 Å². The highest BCUT2D eigenvalue weighted by Crippen LogP contribution is 2.32. The predicted octanol–water partition coefficient (Wildman–Crippen LogP) is 3.42. The summed E-state index contributed by atoms with van der Waals surface area (Å²) in [5.74, 6) is 2.35. The van der Waals surface area contributed by atoms with Crippen LogP contribution in [0.2, 0.25) is 5.02 Å². The lowest BCUT2D eigenvalue weighted by molar-refractivity contribution is 0.0949. The van der Waals surface area contributed by atoms with Crippen LogP contribution in [0.4, 0.5) is 0 Å². The Kier molecular flexibility index (Phi) is 5.40. The number of halogens is 1. The molecule has 9 heteroatoms. The topological polar surface area (TPSA) is 78.3 Å². The van der Waals surface area contributed by atoms with Crippen molar-refractivity contribution in [3.63, 3.8) is 0 Å². The summed E-state index contributed by atoms with van der Waals surface area (Å²) in [6.07, 6.45) is 0. The van der Waals surface area contributed by atoms with E-state index in [0.29, 0.717) is 28.6 Å². The van der Waals surface area contributed by atoms with Crippen LogP contribution in [0.5, 0.6) is 11.5 Å². The highest BCUT2D eigenvalue weighted by Gasteiger charge is 2.17. The molecule has 2 heterocycles. The number of carbonyl (C=O) groups is 1. The maximum Gasteiger partial charge on any atom is 0.251 e. The summed E-state index contributed by atoms with van der Waals surface area (Å²) in [6, 6.07) is 12.8. The lowest BCUT2D eigenvalue weighted by Gasteiger charge is -2.07. The van der Waals surface area contributed by atoms with E-state index in [1.807, 2.05) is 35.9 Å². The number of carbonyl (C=O) groups excluding carboxylic acids is 1. The van der Waals surface area contributed by atoms with Gasteiger partial charge in [0.15, 0.2) is 22.5 Å².